The zero-order valence-electron chi connectivity index (χ0n) is 13.5. The van der Waals surface area contributed by atoms with Gasteiger partial charge in [0.25, 0.3) is 0 Å². The highest BCUT2D eigenvalue weighted by Crippen LogP contribution is 2.05. The molecule has 0 aromatic heterocycles. The second-order valence-electron chi connectivity index (χ2n) is 4.98. The Hall–Kier alpha value is -0.940. The molecule has 0 heterocycles. The van der Waals surface area contributed by atoms with Crippen LogP contribution in [0.4, 0.5) is 4.39 Å². The van der Waals surface area contributed by atoms with Crippen molar-refractivity contribution in [2.45, 2.75) is 13.0 Å². The molecule has 1 aromatic carbocycles. The Kier molecular flexibility index (Phi) is 10.3. The van der Waals surface area contributed by atoms with E-state index < -0.39 is 10.0 Å². The Balaban J connectivity index is 0.00000484. The van der Waals surface area contributed by atoms with Gasteiger partial charge in [0.1, 0.15) is 5.82 Å². The van der Waals surface area contributed by atoms with Gasteiger partial charge in [0.2, 0.25) is 10.0 Å². The fourth-order valence-corrected chi connectivity index (χ4v) is 2.38. The number of rotatable bonds is 7. The predicted molar refractivity (Wildman–Crippen MR) is 102 cm³/mol. The molecule has 0 saturated heterocycles. The molecule has 0 spiro atoms. The molecule has 0 aliphatic rings. The zero-order valence-corrected chi connectivity index (χ0v) is 16.7. The number of aliphatic imine (C=N–C) groups is 1. The van der Waals surface area contributed by atoms with Crippen molar-refractivity contribution in [3.8, 4) is 0 Å². The van der Waals surface area contributed by atoms with Gasteiger partial charge in [-0.05, 0) is 24.1 Å². The van der Waals surface area contributed by atoms with Crippen LogP contribution in [0.1, 0.15) is 12.0 Å². The van der Waals surface area contributed by atoms with Crippen LogP contribution in [0.5, 0.6) is 0 Å². The quantitative estimate of drug-likeness (QED) is 0.281. The molecule has 0 fully saturated rings. The van der Waals surface area contributed by atoms with Gasteiger partial charge in [-0.3, -0.25) is 4.99 Å². The standard InChI is InChI=1S/C14H23FN4O2S.HI/c1-16-14(17-9-4-10-18-22(3,20)21)19(2)11-12-5-7-13(15)8-6-12;/h5-8,18H,4,9-11H2,1-3H3,(H,16,17);1H. The molecule has 0 unspecified atom stereocenters. The van der Waals surface area contributed by atoms with Crippen LogP contribution >= 0.6 is 24.0 Å². The van der Waals surface area contributed by atoms with Crippen LogP contribution in [0.25, 0.3) is 0 Å². The number of nitrogens with one attached hydrogen (secondary N) is 2. The van der Waals surface area contributed by atoms with E-state index in [1.165, 1.54) is 12.1 Å². The number of benzene rings is 1. The van der Waals surface area contributed by atoms with Gasteiger partial charge in [0.15, 0.2) is 5.96 Å². The summed E-state index contributed by atoms with van der Waals surface area (Å²) in [6, 6.07) is 6.32. The van der Waals surface area contributed by atoms with Crippen LogP contribution in [-0.2, 0) is 16.6 Å². The molecule has 1 aromatic rings. The van der Waals surface area contributed by atoms with Crippen molar-refractivity contribution in [1.29, 1.82) is 0 Å². The summed E-state index contributed by atoms with van der Waals surface area (Å²) in [4.78, 5) is 6.08. The fourth-order valence-electron chi connectivity index (χ4n) is 1.87. The van der Waals surface area contributed by atoms with Gasteiger partial charge in [0, 0.05) is 33.7 Å². The minimum absolute atomic E-state index is 0. The van der Waals surface area contributed by atoms with Crippen molar-refractivity contribution in [1.82, 2.24) is 14.9 Å². The Morgan fingerprint density at radius 1 is 1.26 bits per heavy atom. The molecule has 0 saturated carbocycles. The summed E-state index contributed by atoms with van der Waals surface area (Å²) < 4.78 is 37.2. The highest BCUT2D eigenvalue weighted by Gasteiger charge is 2.06. The molecule has 0 amide bonds. The lowest BCUT2D eigenvalue weighted by Gasteiger charge is -2.22. The maximum Gasteiger partial charge on any atom is 0.208 e. The van der Waals surface area contributed by atoms with Crippen LogP contribution in [0.2, 0.25) is 0 Å². The monoisotopic (exact) mass is 458 g/mol. The lowest BCUT2D eigenvalue weighted by atomic mass is 10.2. The number of nitrogens with zero attached hydrogens (tertiary/aromatic N) is 2. The van der Waals surface area contributed by atoms with Crippen LogP contribution in [-0.4, -0.2) is 52.7 Å². The van der Waals surface area contributed by atoms with Gasteiger partial charge in [-0.1, -0.05) is 12.1 Å². The van der Waals surface area contributed by atoms with E-state index in [2.05, 4.69) is 15.0 Å². The third kappa shape index (κ3) is 9.72. The molecule has 9 heteroatoms. The van der Waals surface area contributed by atoms with E-state index in [0.29, 0.717) is 32.0 Å². The van der Waals surface area contributed by atoms with Crippen LogP contribution in [0.3, 0.4) is 0 Å². The summed E-state index contributed by atoms with van der Waals surface area (Å²) in [5, 5.41) is 3.15. The molecule has 23 heavy (non-hydrogen) atoms. The van der Waals surface area contributed by atoms with E-state index in [0.717, 1.165) is 11.8 Å². The fraction of sp³-hybridized carbons (Fsp3) is 0.500. The number of hydrogen-bond donors (Lipinski definition) is 2. The van der Waals surface area contributed by atoms with Gasteiger partial charge in [-0.2, -0.15) is 0 Å². The molecule has 6 nitrogen and oxygen atoms in total. The van der Waals surface area contributed by atoms with Gasteiger partial charge in [-0.15, -0.1) is 24.0 Å². The second kappa shape index (κ2) is 10.8. The summed E-state index contributed by atoms with van der Waals surface area (Å²) in [7, 11) is 0.421. The SMILES string of the molecule is CN=C(NCCCNS(C)(=O)=O)N(C)Cc1ccc(F)cc1.I. The first-order valence-electron chi connectivity index (χ1n) is 6.92. The first kappa shape index (κ1) is 22.1. The molecule has 2 N–H and O–H groups in total. The van der Waals surface area contributed by atoms with Gasteiger partial charge in [0.05, 0.1) is 6.26 Å². The van der Waals surface area contributed by atoms with E-state index in [9.17, 15) is 12.8 Å². The molecule has 1 rings (SSSR count). The van der Waals surface area contributed by atoms with Gasteiger partial charge < -0.3 is 10.2 Å². The minimum Gasteiger partial charge on any atom is -0.356 e. The van der Waals surface area contributed by atoms with Crippen LogP contribution < -0.4 is 10.0 Å². The third-order valence-corrected chi connectivity index (χ3v) is 3.64. The molecule has 132 valence electrons. The number of hydrogen-bond acceptors (Lipinski definition) is 3. The second-order valence-corrected chi connectivity index (χ2v) is 6.81. The first-order chi connectivity index (χ1) is 10.3. The van der Waals surface area contributed by atoms with E-state index in [4.69, 9.17) is 0 Å². The van der Waals surface area contributed by atoms with Crippen molar-refractivity contribution in [2.75, 3.05) is 33.4 Å². The van der Waals surface area contributed by atoms with Gasteiger partial charge in [-0.25, -0.2) is 17.5 Å². The molecule has 0 bridgehead atoms. The minimum atomic E-state index is -3.14. The summed E-state index contributed by atoms with van der Waals surface area (Å²) >= 11 is 0. The molecular weight excluding hydrogens is 434 g/mol. The predicted octanol–water partition coefficient (Wildman–Crippen LogP) is 1.39. The Labute approximate surface area is 154 Å². The first-order valence-corrected chi connectivity index (χ1v) is 8.82. The molecule has 0 aliphatic carbocycles. The molecule has 0 radical (unpaired) electrons. The largest absolute Gasteiger partial charge is 0.356 e. The molecule has 0 atom stereocenters. The van der Waals surface area contributed by atoms with E-state index in [-0.39, 0.29) is 29.8 Å². The smallest absolute Gasteiger partial charge is 0.208 e. The number of halogens is 2. The Morgan fingerprint density at radius 3 is 2.39 bits per heavy atom. The Bertz CT molecular complexity index is 593. The summed E-state index contributed by atoms with van der Waals surface area (Å²) in [6.45, 7) is 1.58. The summed E-state index contributed by atoms with van der Waals surface area (Å²) in [6.07, 6.45) is 1.78. The van der Waals surface area contributed by atoms with Crippen molar-refractivity contribution in [3.05, 3.63) is 35.6 Å². The van der Waals surface area contributed by atoms with Crippen LogP contribution in [0.15, 0.2) is 29.3 Å². The van der Waals surface area contributed by atoms with E-state index in [1.807, 2.05) is 11.9 Å². The van der Waals surface area contributed by atoms with Crippen molar-refractivity contribution >= 4 is 40.0 Å². The summed E-state index contributed by atoms with van der Waals surface area (Å²) in [5.41, 5.74) is 0.977. The summed E-state index contributed by atoms with van der Waals surface area (Å²) in [5.74, 6) is 0.441. The Morgan fingerprint density at radius 2 is 1.87 bits per heavy atom. The average Bonchev–Trinajstić information content (AvgIpc) is 2.44. The molecule has 0 aliphatic heterocycles. The number of guanidine groups is 1. The lowest BCUT2D eigenvalue weighted by molar-refractivity contribution is 0.475. The zero-order chi connectivity index (χ0) is 16.6. The average molecular weight is 458 g/mol. The lowest BCUT2D eigenvalue weighted by Crippen LogP contribution is -2.39. The van der Waals surface area contributed by atoms with E-state index in [1.54, 1.807) is 19.2 Å². The van der Waals surface area contributed by atoms with E-state index >= 15 is 0 Å². The highest BCUT2D eigenvalue weighted by atomic mass is 127. The topological polar surface area (TPSA) is 73.8 Å². The highest BCUT2D eigenvalue weighted by molar-refractivity contribution is 14.0. The normalized spacial score (nSPS) is 11.7. The third-order valence-electron chi connectivity index (χ3n) is 2.91. The maximum absolute atomic E-state index is 12.9. The molecular formula is C14H24FIN4O2S. The van der Waals surface area contributed by atoms with Crippen molar-refractivity contribution < 1.29 is 12.8 Å². The van der Waals surface area contributed by atoms with Crippen molar-refractivity contribution in [2.24, 2.45) is 4.99 Å². The van der Waals surface area contributed by atoms with Gasteiger partial charge >= 0.3 is 0 Å². The number of sulfonamides is 1. The van der Waals surface area contributed by atoms with Crippen molar-refractivity contribution in [3.63, 3.8) is 0 Å². The maximum atomic E-state index is 12.9. The van der Waals surface area contributed by atoms with Crippen LogP contribution in [0, 0.1) is 5.82 Å².